The molecule has 4 rings (SSSR count). The van der Waals surface area contributed by atoms with Crippen molar-refractivity contribution in [1.29, 1.82) is 0 Å². The van der Waals surface area contributed by atoms with E-state index in [1.165, 1.54) is 22.3 Å². The Kier molecular flexibility index (Phi) is 5.31. The lowest BCUT2D eigenvalue weighted by atomic mass is 9.99. The summed E-state index contributed by atoms with van der Waals surface area (Å²) in [4.78, 5) is 2.33. The van der Waals surface area contributed by atoms with Crippen molar-refractivity contribution in [3.05, 3.63) is 120 Å². The standard InChI is InChI=1S/C28H25N/c1-4-23-8-7-9-24(20-23)27-10-5-6-11-28(27)29(25-16-12-21(2)13-17-25)26-18-14-22(3)15-19-26/h4-20H,1H2,2-3H3. The molecule has 0 aliphatic carbocycles. The third kappa shape index (κ3) is 4.00. The number of anilines is 3. The molecule has 0 fully saturated rings. The van der Waals surface area contributed by atoms with Crippen LogP contribution in [0.3, 0.4) is 0 Å². The summed E-state index contributed by atoms with van der Waals surface area (Å²) in [5, 5.41) is 0. The molecule has 0 saturated heterocycles. The van der Waals surface area contributed by atoms with Gasteiger partial charge in [-0.2, -0.15) is 0 Å². The summed E-state index contributed by atoms with van der Waals surface area (Å²) in [6.45, 7) is 8.16. The van der Waals surface area contributed by atoms with Gasteiger partial charge in [0, 0.05) is 16.9 Å². The van der Waals surface area contributed by atoms with E-state index in [0.717, 1.165) is 22.6 Å². The summed E-state index contributed by atoms with van der Waals surface area (Å²) in [5.41, 5.74) is 9.45. The maximum Gasteiger partial charge on any atom is 0.0540 e. The van der Waals surface area contributed by atoms with E-state index in [2.05, 4.69) is 122 Å². The van der Waals surface area contributed by atoms with Crippen LogP contribution in [-0.2, 0) is 0 Å². The summed E-state index contributed by atoms with van der Waals surface area (Å²) in [6.07, 6.45) is 1.89. The lowest BCUT2D eigenvalue weighted by Gasteiger charge is -2.28. The Hall–Kier alpha value is -3.58. The largest absolute Gasteiger partial charge is 0.310 e. The first-order chi connectivity index (χ1) is 14.2. The molecule has 0 aromatic heterocycles. The predicted octanol–water partition coefficient (Wildman–Crippen LogP) is 8.08. The maximum absolute atomic E-state index is 3.92. The molecule has 1 nitrogen and oxygen atoms in total. The first-order valence-corrected chi connectivity index (χ1v) is 9.91. The minimum Gasteiger partial charge on any atom is -0.310 e. The minimum atomic E-state index is 1.12. The second-order valence-electron chi connectivity index (χ2n) is 7.35. The molecule has 4 aromatic carbocycles. The van der Waals surface area contributed by atoms with Gasteiger partial charge in [0.25, 0.3) is 0 Å². The van der Waals surface area contributed by atoms with Gasteiger partial charge in [0.05, 0.1) is 5.69 Å². The number of benzene rings is 4. The molecule has 0 amide bonds. The zero-order chi connectivity index (χ0) is 20.2. The van der Waals surface area contributed by atoms with E-state index in [-0.39, 0.29) is 0 Å². The highest BCUT2D eigenvalue weighted by atomic mass is 15.1. The Balaban J connectivity index is 1.92. The zero-order valence-electron chi connectivity index (χ0n) is 17.0. The van der Waals surface area contributed by atoms with E-state index < -0.39 is 0 Å². The summed E-state index contributed by atoms with van der Waals surface area (Å²) in [7, 11) is 0. The van der Waals surface area contributed by atoms with Gasteiger partial charge in [-0.15, -0.1) is 0 Å². The van der Waals surface area contributed by atoms with E-state index in [1.807, 2.05) is 6.08 Å². The fourth-order valence-corrected chi connectivity index (χ4v) is 3.56. The molecule has 0 bridgehead atoms. The Labute approximate surface area is 173 Å². The van der Waals surface area contributed by atoms with E-state index in [1.54, 1.807) is 0 Å². The highest BCUT2D eigenvalue weighted by Gasteiger charge is 2.16. The van der Waals surface area contributed by atoms with Crippen LogP contribution in [-0.4, -0.2) is 0 Å². The number of hydrogen-bond acceptors (Lipinski definition) is 1. The number of aryl methyl sites for hydroxylation is 2. The third-order valence-corrected chi connectivity index (χ3v) is 5.16. The van der Waals surface area contributed by atoms with E-state index in [9.17, 15) is 0 Å². The predicted molar refractivity (Wildman–Crippen MR) is 126 cm³/mol. The minimum absolute atomic E-state index is 1.12. The highest BCUT2D eigenvalue weighted by molar-refractivity contribution is 5.88. The van der Waals surface area contributed by atoms with Crippen molar-refractivity contribution in [2.45, 2.75) is 13.8 Å². The van der Waals surface area contributed by atoms with Crippen LogP contribution in [0, 0.1) is 13.8 Å². The first kappa shape index (κ1) is 18.8. The van der Waals surface area contributed by atoms with Gasteiger partial charge in [-0.1, -0.05) is 84.4 Å². The molecule has 0 radical (unpaired) electrons. The van der Waals surface area contributed by atoms with Crippen LogP contribution in [0.2, 0.25) is 0 Å². The van der Waals surface area contributed by atoms with Crippen molar-refractivity contribution in [3.8, 4) is 11.1 Å². The van der Waals surface area contributed by atoms with Crippen molar-refractivity contribution >= 4 is 23.1 Å². The van der Waals surface area contributed by atoms with Crippen molar-refractivity contribution in [1.82, 2.24) is 0 Å². The average Bonchev–Trinajstić information content (AvgIpc) is 2.77. The normalized spacial score (nSPS) is 10.6. The molecule has 0 atom stereocenters. The molecule has 142 valence electrons. The Morgan fingerprint density at radius 1 is 0.655 bits per heavy atom. The van der Waals surface area contributed by atoms with Gasteiger partial charge in [-0.3, -0.25) is 0 Å². The molecule has 0 aliphatic rings. The van der Waals surface area contributed by atoms with Crippen LogP contribution in [0.4, 0.5) is 17.1 Å². The topological polar surface area (TPSA) is 3.24 Å². The van der Waals surface area contributed by atoms with Crippen LogP contribution in [0.1, 0.15) is 16.7 Å². The first-order valence-electron chi connectivity index (χ1n) is 9.91. The van der Waals surface area contributed by atoms with Gasteiger partial charge >= 0.3 is 0 Å². The summed E-state index contributed by atoms with van der Waals surface area (Å²) in [6, 6.07) is 34.5. The smallest absolute Gasteiger partial charge is 0.0540 e. The third-order valence-electron chi connectivity index (χ3n) is 5.16. The molecule has 0 N–H and O–H groups in total. The molecule has 0 unspecified atom stereocenters. The second-order valence-corrected chi connectivity index (χ2v) is 7.35. The van der Waals surface area contributed by atoms with Crippen molar-refractivity contribution in [3.63, 3.8) is 0 Å². The molecule has 1 heteroatoms. The van der Waals surface area contributed by atoms with Gasteiger partial charge < -0.3 is 4.90 Å². The van der Waals surface area contributed by atoms with E-state index >= 15 is 0 Å². The molecule has 0 heterocycles. The summed E-state index contributed by atoms with van der Waals surface area (Å²) in [5.74, 6) is 0. The van der Waals surface area contributed by atoms with Crippen LogP contribution in [0.5, 0.6) is 0 Å². The average molecular weight is 376 g/mol. The zero-order valence-corrected chi connectivity index (χ0v) is 17.0. The van der Waals surface area contributed by atoms with Crippen molar-refractivity contribution < 1.29 is 0 Å². The molecular weight excluding hydrogens is 350 g/mol. The molecule has 4 aromatic rings. The number of nitrogens with zero attached hydrogens (tertiary/aromatic N) is 1. The molecule has 0 aliphatic heterocycles. The highest BCUT2D eigenvalue weighted by Crippen LogP contribution is 2.40. The van der Waals surface area contributed by atoms with Gasteiger partial charge in [0.2, 0.25) is 0 Å². The molecule has 0 saturated carbocycles. The number of rotatable bonds is 5. The summed E-state index contributed by atoms with van der Waals surface area (Å²) < 4.78 is 0. The van der Waals surface area contributed by atoms with Crippen LogP contribution in [0.15, 0.2) is 104 Å². The monoisotopic (exact) mass is 375 g/mol. The summed E-state index contributed by atoms with van der Waals surface area (Å²) >= 11 is 0. The lowest BCUT2D eigenvalue weighted by molar-refractivity contribution is 1.27. The van der Waals surface area contributed by atoms with Gasteiger partial charge in [0.1, 0.15) is 0 Å². The molecule has 0 spiro atoms. The van der Waals surface area contributed by atoms with Crippen LogP contribution in [0.25, 0.3) is 17.2 Å². The molecule has 29 heavy (non-hydrogen) atoms. The van der Waals surface area contributed by atoms with Crippen molar-refractivity contribution in [2.75, 3.05) is 4.90 Å². The molecular formula is C28H25N. The second kappa shape index (κ2) is 8.20. The lowest BCUT2D eigenvalue weighted by Crippen LogP contribution is -2.11. The fraction of sp³-hybridized carbons (Fsp3) is 0.0714. The Morgan fingerprint density at radius 3 is 1.83 bits per heavy atom. The van der Waals surface area contributed by atoms with Gasteiger partial charge in [0.15, 0.2) is 0 Å². The number of hydrogen-bond donors (Lipinski definition) is 0. The van der Waals surface area contributed by atoms with Gasteiger partial charge in [-0.25, -0.2) is 0 Å². The number of para-hydroxylation sites is 1. The van der Waals surface area contributed by atoms with E-state index in [4.69, 9.17) is 0 Å². The van der Waals surface area contributed by atoms with Crippen LogP contribution < -0.4 is 4.90 Å². The fourth-order valence-electron chi connectivity index (χ4n) is 3.56. The maximum atomic E-state index is 3.92. The SMILES string of the molecule is C=Cc1cccc(-c2ccccc2N(c2ccc(C)cc2)c2ccc(C)cc2)c1. The quantitative estimate of drug-likeness (QED) is 0.341. The van der Waals surface area contributed by atoms with Gasteiger partial charge in [-0.05, 0) is 61.4 Å². The van der Waals surface area contributed by atoms with Crippen LogP contribution >= 0.6 is 0 Å². The van der Waals surface area contributed by atoms with E-state index in [0.29, 0.717) is 0 Å². The Bertz CT molecular complexity index is 1080. The van der Waals surface area contributed by atoms with Crippen molar-refractivity contribution in [2.24, 2.45) is 0 Å². The Morgan fingerprint density at radius 2 is 1.24 bits per heavy atom.